The lowest BCUT2D eigenvalue weighted by Gasteiger charge is -2.04. The summed E-state index contributed by atoms with van der Waals surface area (Å²) in [6.07, 6.45) is 0. The van der Waals surface area contributed by atoms with Crippen LogP contribution in [0.2, 0.25) is 0 Å². The van der Waals surface area contributed by atoms with Crippen LogP contribution in [0.4, 0.5) is 0 Å². The van der Waals surface area contributed by atoms with Crippen LogP contribution in [0, 0.1) is 0 Å². The summed E-state index contributed by atoms with van der Waals surface area (Å²) in [5.41, 5.74) is 2.10. The summed E-state index contributed by atoms with van der Waals surface area (Å²) < 4.78 is 0. The Hall–Kier alpha value is -0.810. The second-order valence-electron chi connectivity index (χ2n) is 2.03. The molecule has 2 N–H and O–H groups in total. The second kappa shape index (κ2) is 3.54. The molecule has 0 unspecified atom stereocenters. The number of nitrogens with one attached hydrogen (secondary N) is 2. The van der Waals surface area contributed by atoms with Crippen LogP contribution in [0.25, 0.3) is 0 Å². The van der Waals surface area contributed by atoms with E-state index in [1.807, 2.05) is 0 Å². The summed E-state index contributed by atoms with van der Waals surface area (Å²) in [6, 6.07) is -0.596. The molecular weight excluding hydrogens is 172 g/mol. The van der Waals surface area contributed by atoms with Gasteiger partial charge < -0.3 is 5.32 Å². The van der Waals surface area contributed by atoms with Gasteiger partial charge in [-0.1, -0.05) is 0 Å². The van der Waals surface area contributed by atoms with Crippen LogP contribution in [0.15, 0.2) is 0 Å². The van der Waals surface area contributed by atoms with E-state index in [1.54, 1.807) is 0 Å². The minimum Gasteiger partial charge on any atom is -0.341 e. The third-order valence-corrected chi connectivity index (χ3v) is 1.44. The molecule has 0 aromatic carbocycles. The van der Waals surface area contributed by atoms with Crippen LogP contribution in [-0.2, 0) is 14.4 Å². The molecule has 1 aliphatic rings. The zero-order chi connectivity index (χ0) is 8.27. The first-order chi connectivity index (χ1) is 5.24. The molecule has 0 bridgehead atoms. The van der Waals surface area contributed by atoms with E-state index in [4.69, 9.17) is 11.6 Å². The minimum atomic E-state index is -0.596. The van der Waals surface area contributed by atoms with Gasteiger partial charge in [0.1, 0.15) is 18.5 Å². The number of halogens is 1. The smallest absolute Gasteiger partial charge is 0.268 e. The number of hydrogen-bond donors (Lipinski definition) is 2. The van der Waals surface area contributed by atoms with Gasteiger partial charge >= 0.3 is 0 Å². The van der Waals surface area contributed by atoms with Crippen LogP contribution in [0.5, 0.6) is 0 Å². The summed E-state index contributed by atoms with van der Waals surface area (Å²) in [6.45, 7) is 0.154. The topological polar surface area (TPSA) is 67.4 Å². The Morgan fingerprint density at radius 3 is 3.09 bits per heavy atom. The highest BCUT2D eigenvalue weighted by Crippen LogP contribution is 1.93. The lowest BCUT2D eigenvalue weighted by Crippen LogP contribution is -2.42. The van der Waals surface area contributed by atoms with E-state index in [2.05, 4.69) is 15.6 Å². The third kappa shape index (κ3) is 2.06. The molecule has 6 heteroatoms. The van der Waals surface area contributed by atoms with Crippen molar-refractivity contribution in [3.63, 3.8) is 0 Å². The number of carbonyl (C=O) groups excluding carboxylic acids is 2. The van der Waals surface area contributed by atoms with Gasteiger partial charge in [0.05, 0.1) is 0 Å². The minimum absolute atomic E-state index is 0.149. The van der Waals surface area contributed by atoms with Crippen molar-refractivity contribution < 1.29 is 14.4 Å². The van der Waals surface area contributed by atoms with Gasteiger partial charge in [0.25, 0.3) is 5.91 Å². The summed E-state index contributed by atoms with van der Waals surface area (Å²) in [5, 5.41) is 2.37. The van der Waals surface area contributed by atoms with Gasteiger partial charge in [-0.3, -0.25) is 14.4 Å². The number of amides is 2. The van der Waals surface area contributed by atoms with Crippen molar-refractivity contribution in [2.75, 3.05) is 12.5 Å². The Balaban J connectivity index is 2.36. The summed E-state index contributed by atoms with van der Waals surface area (Å²) in [7, 11) is 0. The quantitative estimate of drug-likeness (QED) is 0.521. The molecule has 11 heavy (non-hydrogen) atoms. The molecule has 0 saturated carbocycles. The Kier molecular flexibility index (Phi) is 2.67. The number of hydroxylamine groups is 1. The van der Waals surface area contributed by atoms with E-state index in [-0.39, 0.29) is 24.3 Å². The molecule has 1 fully saturated rings. The molecule has 1 saturated heterocycles. The van der Waals surface area contributed by atoms with Crippen molar-refractivity contribution in [3.8, 4) is 0 Å². The van der Waals surface area contributed by atoms with E-state index >= 15 is 0 Å². The first-order valence-electron chi connectivity index (χ1n) is 3.01. The Morgan fingerprint density at radius 1 is 1.91 bits per heavy atom. The molecular formula is C5H7ClN2O3. The van der Waals surface area contributed by atoms with Gasteiger partial charge in [-0.05, 0) is 0 Å². The van der Waals surface area contributed by atoms with E-state index in [1.165, 1.54) is 0 Å². The fourth-order valence-electron chi connectivity index (χ4n) is 0.683. The summed E-state index contributed by atoms with van der Waals surface area (Å²) in [4.78, 5) is 25.9. The fourth-order valence-corrected chi connectivity index (χ4v) is 0.760. The van der Waals surface area contributed by atoms with Gasteiger partial charge in [-0.2, -0.15) is 0 Å². The molecule has 0 aromatic rings. The molecule has 1 heterocycles. The average molecular weight is 179 g/mol. The highest BCUT2D eigenvalue weighted by molar-refractivity contribution is 6.27. The Morgan fingerprint density at radius 2 is 2.64 bits per heavy atom. The van der Waals surface area contributed by atoms with Gasteiger partial charge in [-0.15, -0.1) is 11.6 Å². The van der Waals surface area contributed by atoms with E-state index in [0.29, 0.717) is 0 Å². The largest absolute Gasteiger partial charge is 0.341 e. The number of hydrogen-bond acceptors (Lipinski definition) is 3. The third-order valence-electron chi connectivity index (χ3n) is 1.20. The SMILES string of the molecule is O=C(CCl)N[C@@H]1CONC1=O. The van der Waals surface area contributed by atoms with Gasteiger partial charge in [0, 0.05) is 0 Å². The van der Waals surface area contributed by atoms with Gasteiger partial charge in [-0.25, -0.2) is 5.48 Å². The zero-order valence-corrected chi connectivity index (χ0v) is 6.35. The normalized spacial score (nSPS) is 23.0. The maximum atomic E-state index is 10.7. The Labute approximate surface area is 68.0 Å². The van der Waals surface area contributed by atoms with Gasteiger partial charge in [0.15, 0.2) is 0 Å². The fraction of sp³-hybridized carbons (Fsp3) is 0.600. The van der Waals surface area contributed by atoms with E-state index < -0.39 is 6.04 Å². The zero-order valence-electron chi connectivity index (χ0n) is 5.59. The molecule has 0 spiro atoms. The molecule has 1 atom stereocenters. The lowest BCUT2D eigenvalue weighted by atomic mass is 10.3. The summed E-state index contributed by atoms with van der Waals surface area (Å²) >= 11 is 5.19. The first kappa shape index (κ1) is 8.29. The number of rotatable bonds is 2. The van der Waals surface area contributed by atoms with Crippen molar-refractivity contribution >= 4 is 23.4 Å². The predicted molar refractivity (Wildman–Crippen MR) is 36.7 cm³/mol. The van der Waals surface area contributed by atoms with Crippen LogP contribution in [0.3, 0.4) is 0 Å². The first-order valence-corrected chi connectivity index (χ1v) is 3.54. The average Bonchev–Trinajstić information content (AvgIpc) is 2.37. The van der Waals surface area contributed by atoms with Crippen molar-refractivity contribution in [3.05, 3.63) is 0 Å². The van der Waals surface area contributed by atoms with E-state index in [9.17, 15) is 9.59 Å². The molecule has 2 amide bonds. The predicted octanol–water partition coefficient (Wildman–Crippen LogP) is -1.23. The van der Waals surface area contributed by atoms with Gasteiger partial charge in [0.2, 0.25) is 5.91 Å². The van der Waals surface area contributed by atoms with Crippen molar-refractivity contribution in [2.24, 2.45) is 0 Å². The second-order valence-corrected chi connectivity index (χ2v) is 2.30. The molecule has 62 valence electrons. The molecule has 5 nitrogen and oxygen atoms in total. The van der Waals surface area contributed by atoms with Crippen LogP contribution >= 0.6 is 11.6 Å². The number of alkyl halides is 1. The Bertz CT molecular complexity index is 185. The monoisotopic (exact) mass is 178 g/mol. The van der Waals surface area contributed by atoms with Crippen LogP contribution < -0.4 is 10.8 Å². The molecule has 0 aromatic heterocycles. The summed E-state index contributed by atoms with van der Waals surface area (Å²) in [5.74, 6) is -0.871. The number of carbonyl (C=O) groups is 2. The molecule has 1 aliphatic heterocycles. The molecule has 1 rings (SSSR count). The van der Waals surface area contributed by atoms with Crippen LogP contribution in [-0.4, -0.2) is 30.3 Å². The van der Waals surface area contributed by atoms with Crippen molar-refractivity contribution in [1.82, 2.24) is 10.8 Å². The highest BCUT2D eigenvalue weighted by Gasteiger charge is 2.26. The maximum absolute atomic E-state index is 10.7. The molecule has 0 radical (unpaired) electrons. The van der Waals surface area contributed by atoms with Crippen LogP contribution in [0.1, 0.15) is 0 Å². The molecule has 0 aliphatic carbocycles. The van der Waals surface area contributed by atoms with E-state index in [0.717, 1.165) is 0 Å². The van der Waals surface area contributed by atoms with Crippen molar-refractivity contribution in [1.29, 1.82) is 0 Å². The lowest BCUT2D eigenvalue weighted by molar-refractivity contribution is -0.127. The maximum Gasteiger partial charge on any atom is 0.268 e. The standard InChI is InChI=1S/C5H7ClN2O3/c6-1-4(9)7-3-2-11-8-5(3)10/h3H,1-2H2,(H,7,9)(H,8,10)/t3-/m1/s1. The highest BCUT2D eigenvalue weighted by atomic mass is 35.5. The van der Waals surface area contributed by atoms with Crippen molar-refractivity contribution in [2.45, 2.75) is 6.04 Å².